The summed E-state index contributed by atoms with van der Waals surface area (Å²) >= 11 is 0. The fourth-order valence-electron chi connectivity index (χ4n) is 1.94. The Morgan fingerprint density at radius 3 is 2.75 bits per heavy atom. The van der Waals surface area contributed by atoms with Crippen molar-refractivity contribution in [2.75, 3.05) is 6.54 Å². The molecule has 2 rings (SSSR count). The number of carbonyl (C=O) groups excluding carboxylic acids is 2. The summed E-state index contributed by atoms with van der Waals surface area (Å²) in [4.78, 5) is 22.5. The first kappa shape index (κ1) is 17.0. The van der Waals surface area contributed by atoms with Crippen molar-refractivity contribution < 1.29 is 18.7 Å². The van der Waals surface area contributed by atoms with Gasteiger partial charge in [-0.3, -0.25) is 9.59 Å². The second-order valence-electron chi connectivity index (χ2n) is 4.88. The number of hydrogen-bond donors (Lipinski definition) is 2. The Kier molecular flexibility index (Phi) is 5.47. The van der Waals surface area contributed by atoms with Gasteiger partial charge in [0.25, 0.3) is 5.91 Å². The van der Waals surface area contributed by atoms with Crippen LogP contribution in [0.5, 0.6) is 5.75 Å². The predicted octanol–water partition coefficient (Wildman–Crippen LogP) is 1.49. The van der Waals surface area contributed by atoms with Gasteiger partial charge in [0, 0.05) is 11.1 Å². The number of primary amides is 1. The van der Waals surface area contributed by atoms with Crippen LogP contribution in [0.15, 0.2) is 42.5 Å². The molecular formula is C17H14FN3O3. The minimum atomic E-state index is -0.643. The van der Waals surface area contributed by atoms with Crippen LogP contribution in [0, 0.1) is 17.1 Å². The van der Waals surface area contributed by atoms with Crippen molar-refractivity contribution in [2.45, 2.75) is 6.61 Å². The molecule has 2 aromatic carbocycles. The molecular weight excluding hydrogens is 313 g/mol. The summed E-state index contributed by atoms with van der Waals surface area (Å²) in [7, 11) is 0. The number of amides is 2. The molecule has 0 bridgehead atoms. The fraction of sp³-hybridized carbons (Fsp3) is 0.118. The number of halogens is 1. The van der Waals surface area contributed by atoms with E-state index in [2.05, 4.69) is 5.32 Å². The molecule has 0 aliphatic heterocycles. The van der Waals surface area contributed by atoms with Gasteiger partial charge in [0.1, 0.15) is 18.2 Å². The van der Waals surface area contributed by atoms with Crippen LogP contribution < -0.4 is 15.8 Å². The predicted molar refractivity (Wildman–Crippen MR) is 83.4 cm³/mol. The molecule has 0 fully saturated rings. The lowest BCUT2D eigenvalue weighted by Gasteiger charge is -2.09. The van der Waals surface area contributed by atoms with E-state index in [0.717, 1.165) is 6.07 Å². The van der Waals surface area contributed by atoms with Gasteiger partial charge in [-0.1, -0.05) is 12.1 Å². The van der Waals surface area contributed by atoms with Gasteiger partial charge in [0.15, 0.2) is 0 Å². The zero-order valence-electron chi connectivity index (χ0n) is 12.6. The van der Waals surface area contributed by atoms with E-state index in [1.807, 2.05) is 6.07 Å². The summed E-state index contributed by atoms with van der Waals surface area (Å²) in [6.07, 6.45) is 0. The summed E-state index contributed by atoms with van der Waals surface area (Å²) < 4.78 is 18.6. The SMILES string of the molecule is N#Cc1cc(F)ccc1COc1cccc(C(=O)NCC(N)=O)c1. The minimum Gasteiger partial charge on any atom is -0.489 e. The maximum atomic E-state index is 13.1. The average Bonchev–Trinajstić information content (AvgIpc) is 2.58. The van der Waals surface area contributed by atoms with Gasteiger partial charge in [-0.2, -0.15) is 5.26 Å². The largest absolute Gasteiger partial charge is 0.489 e. The van der Waals surface area contributed by atoms with Crippen LogP contribution in [0.3, 0.4) is 0 Å². The maximum Gasteiger partial charge on any atom is 0.251 e. The molecule has 6 nitrogen and oxygen atoms in total. The summed E-state index contributed by atoms with van der Waals surface area (Å²) in [5, 5.41) is 11.4. The standard InChI is InChI=1S/C17H14FN3O3/c18-14-5-4-12(13(6-14)8-19)10-24-15-3-1-2-11(7-15)17(23)21-9-16(20)22/h1-7H,9-10H2,(H2,20,22)(H,21,23). The third kappa shape index (κ3) is 4.55. The topological polar surface area (TPSA) is 105 Å². The number of rotatable bonds is 6. The molecule has 2 amide bonds. The van der Waals surface area contributed by atoms with E-state index >= 15 is 0 Å². The third-order valence-electron chi connectivity index (χ3n) is 3.11. The Bertz CT molecular complexity index is 815. The highest BCUT2D eigenvalue weighted by Gasteiger charge is 2.09. The molecule has 0 heterocycles. The van der Waals surface area contributed by atoms with E-state index in [-0.39, 0.29) is 18.7 Å². The van der Waals surface area contributed by atoms with Gasteiger partial charge >= 0.3 is 0 Å². The Morgan fingerprint density at radius 2 is 2.04 bits per heavy atom. The van der Waals surface area contributed by atoms with Crippen molar-refractivity contribution in [1.29, 1.82) is 5.26 Å². The van der Waals surface area contributed by atoms with Gasteiger partial charge in [-0.05, 0) is 30.3 Å². The van der Waals surface area contributed by atoms with Crippen LogP contribution in [0.2, 0.25) is 0 Å². The smallest absolute Gasteiger partial charge is 0.251 e. The van der Waals surface area contributed by atoms with E-state index in [1.165, 1.54) is 18.2 Å². The molecule has 0 aliphatic rings. The molecule has 24 heavy (non-hydrogen) atoms. The van der Waals surface area contributed by atoms with Crippen LogP contribution in [0.1, 0.15) is 21.5 Å². The Balaban J connectivity index is 2.06. The molecule has 0 aliphatic carbocycles. The minimum absolute atomic E-state index is 0.0511. The van der Waals surface area contributed by atoms with Crippen molar-refractivity contribution >= 4 is 11.8 Å². The fourth-order valence-corrected chi connectivity index (χ4v) is 1.94. The van der Waals surface area contributed by atoms with Gasteiger partial charge < -0.3 is 15.8 Å². The molecule has 3 N–H and O–H groups in total. The van der Waals surface area contributed by atoms with Gasteiger partial charge in [0.2, 0.25) is 5.91 Å². The lowest BCUT2D eigenvalue weighted by molar-refractivity contribution is -0.117. The van der Waals surface area contributed by atoms with Crippen molar-refractivity contribution in [1.82, 2.24) is 5.32 Å². The van der Waals surface area contributed by atoms with Crippen molar-refractivity contribution in [3.63, 3.8) is 0 Å². The molecule has 0 unspecified atom stereocenters. The number of nitrogens with one attached hydrogen (secondary N) is 1. The first-order chi connectivity index (χ1) is 11.5. The lowest BCUT2D eigenvalue weighted by Crippen LogP contribution is -2.33. The van der Waals surface area contributed by atoms with E-state index < -0.39 is 17.6 Å². The van der Waals surface area contributed by atoms with Crippen molar-refractivity contribution in [3.05, 3.63) is 65.0 Å². The summed E-state index contributed by atoms with van der Waals surface area (Å²) in [5.41, 5.74) is 5.98. The van der Waals surface area contributed by atoms with Gasteiger partial charge in [-0.25, -0.2) is 4.39 Å². The van der Waals surface area contributed by atoms with Crippen LogP contribution in [-0.2, 0) is 11.4 Å². The molecule has 0 aromatic heterocycles. The Morgan fingerprint density at radius 1 is 1.25 bits per heavy atom. The molecule has 0 spiro atoms. The highest BCUT2D eigenvalue weighted by molar-refractivity contribution is 5.96. The third-order valence-corrected chi connectivity index (χ3v) is 3.11. The van der Waals surface area contributed by atoms with Crippen molar-refractivity contribution in [2.24, 2.45) is 5.73 Å². The Labute approximate surface area is 137 Å². The number of benzene rings is 2. The number of ether oxygens (including phenoxy) is 1. The number of hydrogen-bond acceptors (Lipinski definition) is 4. The number of nitrogens with two attached hydrogens (primary N) is 1. The monoisotopic (exact) mass is 327 g/mol. The average molecular weight is 327 g/mol. The second kappa shape index (κ2) is 7.74. The first-order valence-corrected chi connectivity index (χ1v) is 6.97. The summed E-state index contributed by atoms with van der Waals surface area (Å²) in [5.74, 6) is -1.20. The van der Waals surface area contributed by atoms with E-state index in [9.17, 15) is 14.0 Å². The Hall–Kier alpha value is -3.40. The van der Waals surface area contributed by atoms with Gasteiger partial charge in [0.05, 0.1) is 18.2 Å². The zero-order chi connectivity index (χ0) is 17.5. The number of nitrogens with zero attached hydrogens (tertiary/aromatic N) is 1. The van der Waals surface area contributed by atoms with Crippen LogP contribution >= 0.6 is 0 Å². The normalized spacial score (nSPS) is 9.83. The van der Waals surface area contributed by atoms with Gasteiger partial charge in [-0.15, -0.1) is 0 Å². The first-order valence-electron chi connectivity index (χ1n) is 6.97. The van der Waals surface area contributed by atoms with E-state index in [1.54, 1.807) is 18.2 Å². The molecule has 0 atom stereocenters. The maximum absolute atomic E-state index is 13.1. The molecule has 0 saturated heterocycles. The molecule has 7 heteroatoms. The van der Waals surface area contributed by atoms with Crippen LogP contribution in [0.4, 0.5) is 4.39 Å². The van der Waals surface area contributed by atoms with Crippen molar-refractivity contribution in [3.8, 4) is 11.8 Å². The quantitative estimate of drug-likeness (QED) is 0.838. The lowest BCUT2D eigenvalue weighted by atomic mass is 10.1. The van der Waals surface area contributed by atoms with Crippen LogP contribution in [-0.4, -0.2) is 18.4 Å². The highest BCUT2D eigenvalue weighted by atomic mass is 19.1. The van der Waals surface area contributed by atoms with Crippen LogP contribution in [0.25, 0.3) is 0 Å². The zero-order valence-corrected chi connectivity index (χ0v) is 12.6. The summed E-state index contributed by atoms with van der Waals surface area (Å²) in [6.45, 7) is -0.208. The molecule has 122 valence electrons. The second-order valence-corrected chi connectivity index (χ2v) is 4.88. The highest BCUT2D eigenvalue weighted by Crippen LogP contribution is 2.17. The molecule has 0 radical (unpaired) electrons. The summed E-state index contributed by atoms with van der Waals surface area (Å²) in [6, 6.07) is 12.0. The molecule has 2 aromatic rings. The van der Waals surface area contributed by atoms with E-state index in [4.69, 9.17) is 15.7 Å². The number of carbonyl (C=O) groups is 2. The number of nitriles is 1. The molecule has 0 saturated carbocycles. The van der Waals surface area contributed by atoms with E-state index in [0.29, 0.717) is 16.9 Å².